The maximum absolute atomic E-state index is 12.4. The molecule has 10 heteroatoms. The molecule has 0 aliphatic carbocycles. The van der Waals surface area contributed by atoms with Crippen molar-refractivity contribution in [2.45, 2.75) is 25.3 Å². The van der Waals surface area contributed by atoms with Crippen LogP contribution >= 0.6 is 11.6 Å². The van der Waals surface area contributed by atoms with Crippen LogP contribution in [0.25, 0.3) is 16.6 Å². The number of carbonyl (C=O) groups excluding carboxylic acids is 1. The molecule has 3 heterocycles. The fourth-order valence-corrected chi connectivity index (χ4v) is 3.32. The highest BCUT2D eigenvalue weighted by atomic mass is 35.5. The number of hydrogen-bond donors (Lipinski definition) is 3. The number of aromatic amines is 1. The fourth-order valence-electron chi connectivity index (χ4n) is 3.18. The Morgan fingerprint density at radius 1 is 1.21 bits per heavy atom. The molecule has 0 radical (unpaired) electrons. The van der Waals surface area contributed by atoms with E-state index in [0.29, 0.717) is 11.5 Å². The van der Waals surface area contributed by atoms with Gasteiger partial charge in [0, 0.05) is 36.4 Å². The van der Waals surface area contributed by atoms with E-state index in [-0.39, 0.29) is 24.4 Å². The van der Waals surface area contributed by atoms with Gasteiger partial charge in [-0.1, -0.05) is 29.8 Å². The minimum atomic E-state index is -1.09. The van der Waals surface area contributed by atoms with Crippen LogP contribution in [0.1, 0.15) is 17.8 Å². The number of carboxylic acids is 1. The van der Waals surface area contributed by atoms with Gasteiger partial charge in [0.15, 0.2) is 11.5 Å². The van der Waals surface area contributed by atoms with Gasteiger partial charge in [0.05, 0.1) is 0 Å². The molecule has 0 saturated carbocycles. The molecule has 0 bridgehead atoms. The number of halogens is 1. The molecule has 0 spiro atoms. The van der Waals surface area contributed by atoms with Gasteiger partial charge in [0.1, 0.15) is 11.2 Å². The number of rotatable bonds is 7. The van der Waals surface area contributed by atoms with Crippen molar-refractivity contribution >= 4 is 40.0 Å². The molecule has 3 aromatic heterocycles. The number of hydrogen-bond acceptors (Lipinski definition) is 5. The summed E-state index contributed by atoms with van der Waals surface area (Å²) in [6.45, 7) is 0. The number of fused-ring (bicyclic) bond motifs is 2. The number of benzene rings is 1. The van der Waals surface area contributed by atoms with Crippen molar-refractivity contribution in [2.24, 2.45) is 0 Å². The number of carbonyl (C=O) groups is 2. The lowest BCUT2D eigenvalue weighted by Gasteiger charge is -2.14. The van der Waals surface area contributed by atoms with E-state index in [1.54, 1.807) is 18.3 Å². The standard InChI is InChI=1S/C19H17ClN6O3/c20-15-5-6-16-23-24-17(26(16)25-15)7-8-18(27)22-14(19(28)29)9-11-10-21-13-4-2-1-3-12(11)13/h1-6,10,14,21H,7-9H2,(H,22,27)(H,28,29). The Morgan fingerprint density at radius 3 is 2.86 bits per heavy atom. The first-order chi connectivity index (χ1) is 14.0. The van der Waals surface area contributed by atoms with Crippen molar-refractivity contribution in [3.05, 3.63) is 59.1 Å². The molecule has 0 saturated heterocycles. The summed E-state index contributed by atoms with van der Waals surface area (Å²) in [6, 6.07) is 9.85. The van der Waals surface area contributed by atoms with Crippen LogP contribution in [0.4, 0.5) is 0 Å². The zero-order valence-electron chi connectivity index (χ0n) is 15.2. The molecule has 29 heavy (non-hydrogen) atoms. The van der Waals surface area contributed by atoms with E-state index in [2.05, 4.69) is 25.6 Å². The van der Waals surface area contributed by atoms with Crippen LogP contribution in [0.2, 0.25) is 5.15 Å². The normalized spacial score (nSPS) is 12.3. The molecule has 0 aliphatic rings. The third-order valence-electron chi connectivity index (χ3n) is 4.60. The number of nitrogens with zero attached hydrogens (tertiary/aromatic N) is 4. The van der Waals surface area contributed by atoms with Crippen molar-refractivity contribution in [1.29, 1.82) is 0 Å². The fraction of sp³-hybridized carbons (Fsp3) is 0.211. The molecule has 0 aliphatic heterocycles. The molecule has 1 amide bonds. The molecule has 148 valence electrons. The molecule has 9 nitrogen and oxygen atoms in total. The van der Waals surface area contributed by atoms with E-state index in [1.807, 2.05) is 24.3 Å². The van der Waals surface area contributed by atoms with Gasteiger partial charge < -0.3 is 15.4 Å². The summed E-state index contributed by atoms with van der Waals surface area (Å²) in [6.07, 6.45) is 2.24. The minimum absolute atomic E-state index is 0.0483. The summed E-state index contributed by atoms with van der Waals surface area (Å²) in [7, 11) is 0. The first-order valence-electron chi connectivity index (χ1n) is 8.95. The van der Waals surface area contributed by atoms with Gasteiger partial charge >= 0.3 is 5.97 Å². The Balaban J connectivity index is 1.42. The van der Waals surface area contributed by atoms with Crippen molar-refractivity contribution in [1.82, 2.24) is 30.1 Å². The highest BCUT2D eigenvalue weighted by molar-refractivity contribution is 6.29. The number of aliphatic carboxylic acids is 1. The van der Waals surface area contributed by atoms with Crippen LogP contribution in [0.15, 0.2) is 42.6 Å². The van der Waals surface area contributed by atoms with Gasteiger partial charge in [-0.3, -0.25) is 4.79 Å². The Morgan fingerprint density at radius 2 is 2.03 bits per heavy atom. The number of para-hydroxylation sites is 1. The summed E-state index contributed by atoms with van der Waals surface area (Å²) < 4.78 is 1.47. The van der Waals surface area contributed by atoms with Crippen LogP contribution < -0.4 is 5.32 Å². The lowest BCUT2D eigenvalue weighted by atomic mass is 10.0. The molecule has 4 rings (SSSR count). The number of nitrogens with one attached hydrogen (secondary N) is 2. The van der Waals surface area contributed by atoms with E-state index >= 15 is 0 Å². The molecule has 4 aromatic rings. The number of H-pyrrole nitrogens is 1. The predicted octanol–water partition coefficient (Wildman–Crippen LogP) is 2.00. The molecule has 1 unspecified atom stereocenters. The third kappa shape index (κ3) is 4.04. The topological polar surface area (TPSA) is 125 Å². The van der Waals surface area contributed by atoms with Crippen molar-refractivity contribution in [3.63, 3.8) is 0 Å². The second-order valence-corrected chi connectivity index (χ2v) is 6.95. The molecular formula is C19H17ClN6O3. The maximum Gasteiger partial charge on any atom is 0.326 e. The van der Waals surface area contributed by atoms with E-state index in [9.17, 15) is 14.7 Å². The third-order valence-corrected chi connectivity index (χ3v) is 4.80. The molecule has 1 atom stereocenters. The van der Waals surface area contributed by atoms with Crippen LogP contribution in [-0.4, -0.2) is 47.8 Å². The number of aryl methyl sites for hydroxylation is 1. The first kappa shape index (κ1) is 18.9. The van der Waals surface area contributed by atoms with E-state index in [1.165, 1.54) is 4.52 Å². The second kappa shape index (κ2) is 7.88. The molecule has 0 fully saturated rings. The quantitative estimate of drug-likeness (QED) is 0.426. The van der Waals surface area contributed by atoms with Crippen molar-refractivity contribution in [2.75, 3.05) is 0 Å². The van der Waals surface area contributed by atoms with Gasteiger partial charge in [0.2, 0.25) is 5.91 Å². The van der Waals surface area contributed by atoms with Gasteiger partial charge in [-0.15, -0.1) is 10.2 Å². The first-order valence-corrected chi connectivity index (χ1v) is 9.33. The Kier molecular flexibility index (Phi) is 5.13. The lowest BCUT2D eigenvalue weighted by molar-refractivity contribution is -0.141. The molecule has 3 N–H and O–H groups in total. The minimum Gasteiger partial charge on any atom is -0.480 e. The summed E-state index contributed by atoms with van der Waals surface area (Å²) in [5, 5.41) is 25.4. The predicted molar refractivity (Wildman–Crippen MR) is 106 cm³/mol. The van der Waals surface area contributed by atoms with E-state index in [4.69, 9.17) is 11.6 Å². The van der Waals surface area contributed by atoms with E-state index in [0.717, 1.165) is 16.5 Å². The van der Waals surface area contributed by atoms with Gasteiger partial charge in [0.25, 0.3) is 0 Å². The lowest BCUT2D eigenvalue weighted by Crippen LogP contribution is -2.42. The average molecular weight is 413 g/mol. The summed E-state index contributed by atoms with van der Waals surface area (Å²) >= 11 is 5.89. The van der Waals surface area contributed by atoms with Crippen LogP contribution in [0.5, 0.6) is 0 Å². The van der Waals surface area contributed by atoms with Crippen LogP contribution in [0, 0.1) is 0 Å². The summed E-state index contributed by atoms with van der Waals surface area (Å²) in [4.78, 5) is 27.1. The van der Waals surface area contributed by atoms with Crippen LogP contribution in [0.3, 0.4) is 0 Å². The number of carboxylic acid groups (broad SMARTS) is 1. The van der Waals surface area contributed by atoms with Crippen LogP contribution in [-0.2, 0) is 22.4 Å². The SMILES string of the molecule is O=C(CCc1nnc2ccc(Cl)nn12)NC(Cc1c[nH]c2ccccc12)C(=O)O. The monoisotopic (exact) mass is 412 g/mol. The molecular weight excluding hydrogens is 396 g/mol. The van der Waals surface area contributed by atoms with Crippen molar-refractivity contribution in [3.8, 4) is 0 Å². The van der Waals surface area contributed by atoms with E-state index < -0.39 is 17.9 Å². The highest BCUT2D eigenvalue weighted by Crippen LogP contribution is 2.19. The van der Waals surface area contributed by atoms with Gasteiger partial charge in [-0.2, -0.15) is 9.61 Å². The highest BCUT2D eigenvalue weighted by Gasteiger charge is 2.22. The average Bonchev–Trinajstić information content (AvgIpc) is 3.29. The summed E-state index contributed by atoms with van der Waals surface area (Å²) in [5.41, 5.74) is 2.27. The zero-order chi connectivity index (χ0) is 20.4. The molecule has 1 aromatic carbocycles. The summed E-state index contributed by atoms with van der Waals surface area (Å²) in [5.74, 6) is -1.01. The Hall–Kier alpha value is -3.46. The zero-order valence-corrected chi connectivity index (χ0v) is 15.9. The smallest absolute Gasteiger partial charge is 0.326 e. The largest absolute Gasteiger partial charge is 0.480 e. The Labute approximate surface area is 169 Å². The number of aromatic nitrogens is 5. The number of amides is 1. The van der Waals surface area contributed by atoms with Gasteiger partial charge in [-0.05, 0) is 23.8 Å². The second-order valence-electron chi connectivity index (χ2n) is 6.56. The van der Waals surface area contributed by atoms with Crippen molar-refractivity contribution < 1.29 is 14.7 Å². The maximum atomic E-state index is 12.4. The van der Waals surface area contributed by atoms with Gasteiger partial charge in [-0.25, -0.2) is 4.79 Å². The Bertz CT molecular complexity index is 1200.